The van der Waals surface area contributed by atoms with Crippen LogP contribution in [0.5, 0.6) is 0 Å². The molecule has 2 aromatic rings. The average molecular weight is 457 g/mol. The number of nitrogens with one attached hydrogen (secondary N) is 2. The highest BCUT2D eigenvalue weighted by atomic mass is 32.2. The summed E-state index contributed by atoms with van der Waals surface area (Å²) in [6, 6.07) is 10.6. The van der Waals surface area contributed by atoms with Crippen LogP contribution < -0.4 is 10.0 Å². The molecule has 3 nitrogen and oxygen atoms in total. The fourth-order valence-corrected chi connectivity index (χ4v) is 5.32. The number of amides is 1. The van der Waals surface area contributed by atoms with Crippen molar-refractivity contribution in [3.63, 3.8) is 0 Å². The molecule has 0 radical (unpaired) electrons. The van der Waals surface area contributed by atoms with Crippen LogP contribution in [0.25, 0.3) is 0 Å². The van der Waals surface area contributed by atoms with Crippen molar-refractivity contribution in [2.75, 3.05) is 10.5 Å². The van der Waals surface area contributed by atoms with Gasteiger partial charge >= 0.3 is 6.18 Å². The molecule has 30 heavy (non-hydrogen) atoms. The predicted molar refractivity (Wildman–Crippen MR) is 112 cm³/mol. The molecular weight excluding hydrogens is 436 g/mol. The predicted octanol–water partition coefficient (Wildman–Crippen LogP) is 6.31. The first-order valence-corrected chi connectivity index (χ1v) is 11.3. The number of anilines is 1. The van der Waals surface area contributed by atoms with Crippen molar-refractivity contribution < 1.29 is 22.4 Å². The van der Waals surface area contributed by atoms with Crippen LogP contribution in [0.1, 0.15) is 42.1 Å². The highest BCUT2D eigenvalue weighted by Crippen LogP contribution is 2.63. The first-order valence-electron chi connectivity index (χ1n) is 9.50. The van der Waals surface area contributed by atoms with Crippen molar-refractivity contribution in [2.45, 2.75) is 53.4 Å². The maximum Gasteiger partial charge on any atom is 0.416 e. The van der Waals surface area contributed by atoms with E-state index in [2.05, 4.69) is 17.0 Å². The van der Waals surface area contributed by atoms with Crippen LogP contribution in [0.15, 0.2) is 52.3 Å². The van der Waals surface area contributed by atoms with Crippen molar-refractivity contribution in [3.8, 4) is 0 Å². The Morgan fingerprint density at radius 3 is 2.27 bits per heavy atom. The second-order valence-electron chi connectivity index (χ2n) is 7.78. The van der Waals surface area contributed by atoms with Gasteiger partial charge in [-0.1, -0.05) is 6.92 Å². The fraction of sp³-hybridized carbons (Fsp3) is 0.381. The van der Waals surface area contributed by atoms with Gasteiger partial charge in [-0.3, -0.25) is 4.79 Å². The molecule has 2 aromatic carbocycles. The van der Waals surface area contributed by atoms with Crippen LogP contribution in [0.3, 0.4) is 0 Å². The summed E-state index contributed by atoms with van der Waals surface area (Å²) in [7, 11) is 0. The number of benzene rings is 2. The number of halogens is 4. The molecule has 0 saturated heterocycles. The average Bonchev–Trinajstić information content (AvgIpc) is 2.64. The highest BCUT2D eigenvalue weighted by molar-refractivity contribution is 8.00. The summed E-state index contributed by atoms with van der Waals surface area (Å²) in [5.41, 5.74) is -2.39. The molecule has 0 heterocycles. The normalized spacial score (nSPS) is 24.6. The lowest BCUT2D eigenvalue weighted by molar-refractivity contribution is -0.162. The van der Waals surface area contributed by atoms with Gasteiger partial charge in [-0.05, 0) is 60.2 Å². The monoisotopic (exact) mass is 456 g/mol. The summed E-state index contributed by atoms with van der Waals surface area (Å²) >= 11 is 2.82. The second-order valence-corrected chi connectivity index (χ2v) is 10.00. The summed E-state index contributed by atoms with van der Waals surface area (Å²) < 4.78 is 56.2. The van der Waals surface area contributed by atoms with Gasteiger partial charge in [-0.15, -0.1) is 11.8 Å². The lowest BCUT2D eigenvalue weighted by Gasteiger charge is -2.65. The number of carbonyl (C=O) groups is 1. The summed E-state index contributed by atoms with van der Waals surface area (Å²) in [4.78, 5) is 14.6. The molecule has 3 aliphatic carbocycles. The Morgan fingerprint density at radius 1 is 1.07 bits per heavy atom. The zero-order chi connectivity index (χ0) is 21.6. The molecule has 0 atom stereocenters. The third-order valence-electron chi connectivity index (χ3n) is 5.35. The lowest BCUT2D eigenvalue weighted by Crippen LogP contribution is -2.76. The van der Waals surface area contributed by atoms with E-state index in [1.807, 2.05) is 24.3 Å². The van der Waals surface area contributed by atoms with Crippen LogP contribution in [0.2, 0.25) is 0 Å². The number of carbonyl (C=O) groups excluding carboxylic acids is 1. The zero-order valence-electron chi connectivity index (χ0n) is 16.1. The molecule has 3 fully saturated rings. The molecule has 0 spiro atoms. The number of hydrogen-bond acceptors (Lipinski definition) is 4. The SMILES string of the molecule is CCSc1ccc(SNc2cc(C(F)(F)F)ccc2C(=O)NC23CC(F)(C2)C3)cc1. The van der Waals surface area contributed by atoms with E-state index in [4.69, 9.17) is 0 Å². The van der Waals surface area contributed by atoms with E-state index in [9.17, 15) is 22.4 Å². The van der Waals surface area contributed by atoms with Gasteiger partial charge in [-0.2, -0.15) is 13.2 Å². The number of thioether (sulfide) groups is 1. The Bertz CT molecular complexity index is 943. The van der Waals surface area contributed by atoms with Crippen molar-refractivity contribution in [1.82, 2.24) is 5.32 Å². The number of hydrogen-bond donors (Lipinski definition) is 2. The molecule has 5 rings (SSSR count). The standard InChI is InChI=1S/C21H20F4N2OS2/c1-2-29-14-4-6-15(7-5-14)30-27-17-9-13(21(23,24)25)3-8-16(17)18(28)26-20-10-19(22,11-20)12-20/h3-9,27H,2,10-12H2,1H3,(H,26,28). The van der Waals surface area contributed by atoms with Crippen LogP contribution in [0, 0.1) is 0 Å². The van der Waals surface area contributed by atoms with Gasteiger partial charge in [0.25, 0.3) is 5.91 Å². The van der Waals surface area contributed by atoms with Crippen molar-refractivity contribution in [2.24, 2.45) is 0 Å². The molecule has 2 N–H and O–H groups in total. The van der Waals surface area contributed by atoms with E-state index in [0.717, 1.165) is 39.6 Å². The smallest absolute Gasteiger partial charge is 0.346 e. The summed E-state index contributed by atoms with van der Waals surface area (Å²) in [5, 5.41) is 2.81. The Labute approximate surface area is 180 Å². The van der Waals surface area contributed by atoms with Crippen LogP contribution in [-0.2, 0) is 6.18 Å². The molecule has 0 aromatic heterocycles. The molecule has 0 aliphatic heterocycles. The highest BCUT2D eigenvalue weighted by Gasteiger charge is 2.69. The molecular formula is C21H20F4N2OS2. The van der Waals surface area contributed by atoms with Gasteiger partial charge < -0.3 is 10.0 Å². The first kappa shape index (κ1) is 21.4. The van der Waals surface area contributed by atoms with E-state index in [0.29, 0.717) is 0 Å². The molecule has 0 unspecified atom stereocenters. The minimum absolute atomic E-state index is 0.0703. The van der Waals surface area contributed by atoms with Gasteiger partial charge in [0.05, 0.1) is 16.8 Å². The zero-order valence-corrected chi connectivity index (χ0v) is 17.7. The van der Waals surface area contributed by atoms with Crippen molar-refractivity contribution in [3.05, 3.63) is 53.6 Å². The maximum absolute atomic E-state index is 13.7. The van der Waals surface area contributed by atoms with Crippen molar-refractivity contribution >= 4 is 35.3 Å². The van der Waals surface area contributed by atoms with E-state index in [1.54, 1.807) is 11.8 Å². The lowest BCUT2D eigenvalue weighted by atomic mass is 9.47. The molecule has 2 bridgehead atoms. The molecule has 3 saturated carbocycles. The summed E-state index contributed by atoms with van der Waals surface area (Å²) in [5.74, 6) is 0.446. The summed E-state index contributed by atoms with van der Waals surface area (Å²) in [6.45, 7) is 2.05. The van der Waals surface area contributed by atoms with Gasteiger partial charge in [0, 0.05) is 34.6 Å². The fourth-order valence-electron chi connectivity index (χ4n) is 3.99. The van der Waals surface area contributed by atoms with Gasteiger partial charge in [0.15, 0.2) is 0 Å². The second kappa shape index (κ2) is 7.67. The molecule has 9 heteroatoms. The van der Waals surface area contributed by atoms with Gasteiger partial charge in [0.1, 0.15) is 5.67 Å². The molecule has 3 aliphatic rings. The minimum Gasteiger partial charge on any atom is -0.346 e. The van der Waals surface area contributed by atoms with Crippen molar-refractivity contribution in [1.29, 1.82) is 0 Å². The Morgan fingerprint density at radius 2 is 1.70 bits per heavy atom. The minimum atomic E-state index is -4.52. The summed E-state index contributed by atoms with van der Waals surface area (Å²) in [6.07, 6.45) is -3.71. The van der Waals surface area contributed by atoms with Crippen LogP contribution in [-0.4, -0.2) is 22.9 Å². The van der Waals surface area contributed by atoms with Gasteiger partial charge in [0.2, 0.25) is 0 Å². The third kappa shape index (κ3) is 4.27. The molecule has 1 amide bonds. The topological polar surface area (TPSA) is 41.1 Å². The largest absolute Gasteiger partial charge is 0.416 e. The Kier molecular flexibility index (Phi) is 5.47. The maximum atomic E-state index is 13.7. The third-order valence-corrected chi connectivity index (χ3v) is 7.07. The quantitative estimate of drug-likeness (QED) is 0.291. The van der Waals surface area contributed by atoms with E-state index in [1.165, 1.54) is 6.07 Å². The van der Waals surface area contributed by atoms with E-state index in [-0.39, 0.29) is 30.5 Å². The van der Waals surface area contributed by atoms with Crippen LogP contribution >= 0.6 is 23.7 Å². The number of alkyl halides is 4. The van der Waals surface area contributed by atoms with Crippen LogP contribution in [0.4, 0.5) is 23.2 Å². The van der Waals surface area contributed by atoms with E-state index < -0.39 is 28.9 Å². The Balaban J connectivity index is 1.52. The number of rotatable bonds is 7. The van der Waals surface area contributed by atoms with E-state index >= 15 is 0 Å². The first-order chi connectivity index (χ1) is 14.1. The van der Waals surface area contributed by atoms with Gasteiger partial charge in [-0.25, -0.2) is 4.39 Å². The molecule has 160 valence electrons. The Hall–Kier alpha value is -1.87.